The van der Waals surface area contributed by atoms with Crippen molar-refractivity contribution in [2.24, 2.45) is 5.92 Å². The molecule has 1 aromatic carbocycles. The highest BCUT2D eigenvalue weighted by atomic mass is 16.4. The summed E-state index contributed by atoms with van der Waals surface area (Å²) < 4.78 is 8.04. The highest BCUT2D eigenvalue weighted by Crippen LogP contribution is 2.24. The van der Waals surface area contributed by atoms with Gasteiger partial charge < -0.3 is 13.9 Å². The number of nitrogens with zero attached hydrogens (tertiary/aromatic N) is 4. The molecule has 1 aliphatic rings. The quantitative estimate of drug-likeness (QED) is 0.651. The van der Waals surface area contributed by atoms with Gasteiger partial charge in [-0.1, -0.05) is 32.9 Å². The van der Waals surface area contributed by atoms with Gasteiger partial charge in [-0.2, -0.15) is 0 Å². The highest BCUT2D eigenvalue weighted by molar-refractivity contribution is 5.76. The lowest BCUT2D eigenvalue weighted by molar-refractivity contribution is -0.133. The fourth-order valence-corrected chi connectivity index (χ4v) is 4.02. The van der Waals surface area contributed by atoms with Crippen molar-refractivity contribution in [3.63, 3.8) is 0 Å². The number of benzene rings is 1. The van der Waals surface area contributed by atoms with Gasteiger partial charge in [0.15, 0.2) is 5.89 Å². The standard InChI is InChI=1S/C23H30N4O2/c1-23(2,3)20-13-24-21(29-20)10-11-22(28)26-12-6-7-17(14-26)15-27-16-25-18-8-4-5-9-19(18)27/h4-5,8-9,13,16-17H,6-7,10-12,14-15H2,1-3H3. The van der Waals surface area contributed by atoms with Crippen LogP contribution in [0.4, 0.5) is 0 Å². The van der Waals surface area contributed by atoms with Crippen LogP contribution < -0.4 is 0 Å². The van der Waals surface area contributed by atoms with Gasteiger partial charge in [-0.25, -0.2) is 9.97 Å². The fourth-order valence-electron chi connectivity index (χ4n) is 4.02. The molecule has 1 atom stereocenters. The molecule has 4 rings (SSSR count). The predicted octanol–water partition coefficient (Wildman–Crippen LogP) is 4.19. The number of rotatable bonds is 5. The van der Waals surface area contributed by atoms with Crippen molar-refractivity contribution in [1.82, 2.24) is 19.4 Å². The van der Waals surface area contributed by atoms with Crippen molar-refractivity contribution < 1.29 is 9.21 Å². The van der Waals surface area contributed by atoms with Crippen LogP contribution in [0.15, 0.2) is 41.2 Å². The average molecular weight is 395 g/mol. The maximum absolute atomic E-state index is 12.8. The Labute approximate surface area is 171 Å². The van der Waals surface area contributed by atoms with Gasteiger partial charge in [0.05, 0.1) is 23.6 Å². The summed E-state index contributed by atoms with van der Waals surface area (Å²) in [6.07, 6.45) is 6.90. The maximum Gasteiger partial charge on any atom is 0.223 e. The van der Waals surface area contributed by atoms with E-state index in [1.54, 1.807) is 6.20 Å². The molecule has 6 heteroatoms. The minimum atomic E-state index is -0.0627. The van der Waals surface area contributed by atoms with Crippen LogP contribution in [0.3, 0.4) is 0 Å². The van der Waals surface area contributed by atoms with Crippen molar-refractivity contribution in [2.75, 3.05) is 13.1 Å². The molecule has 29 heavy (non-hydrogen) atoms. The predicted molar refractivity (Wildman–Crippen MR) is 113 cm³/mol. The Bertz CT molecular complexity index is 982. The first-order chi connectivity index (χ1) is 13.9. The number of aryl methyl sites for hydroxylation is 1. The van der Waals surface area contributed by atoms with Crippen LogP contribution >= 0.6 is 0 Å². The summed E-state index contributed by atoms with van der Waals surface area (Å²) >= 11 is 0. The van der Waals surface area contributed by atoms with E-state index in [9.17, 15) is 4.79 Å². The largest absolute Gasteiger partial charge is 0.445 e. The number of oxazole rings is 1. The lowest BCUT2D eigenvalue weighted by atomic mass is 9.94. The van der Waals surface area contributed by atoms with Gasteiger partial charge in [0, 0.05) is 37.9 Å². The minimum Gasteiger partial charge on any atom is -0.445 e. The van der Waals surface area contributed by atoms with Crippen LogP contribution in [0.1, 0.15) is 51.7 Å². The molecule has 0 N–H and O–H groups in total. The van der Waals surface area contributed by atoms with Gasteiger partial charge >= 0.3 is 0 Å². The Morgan fingerprint density at radius 2 is 2.07 bits per heavy atom. The van der Waals surface area contributed by atoms with Gasteiger partial charge in [-0.3, -0.25) is 4.79 Å². The van der Waals surface area contributed by atoms with Crippen LogP contribution in [0.5, 0.6) is 0 Å². The van der Waals surface area contributed by atoms with Gasteiger partial charge in [-0.05, 0) is 30.9 Å². The number of amides is 1. The second kappa shape index (κ2) is 8.01. The maximum atomic E-state index is 12.8. The second-order valence-electron chi connectivity index (χ2n) is 9.10. The van der Waals surface area contributed by atoms with Crippen LogP contribution in [-0.4, -0.2) is 38.4 Å². The molecule has 1 aliphatic heterocycles. The first kappa shape index (κ1) is 19.7. The number of hydrogen-bond acceptors (Lipinski definition) is 4. The third kappa shape index (κ3) is 4.52. The molecule has 6 nitrogen and oxygen atoms in total. The van der Waals surface area contributed by atoms with Gasteiger partial charge in [0.2, 0.25) is 5.91 Å². The second-order valence-corrected chi connectivity index (χ2v) is 9.10. The zero-order valence-electron chi connectivity index (χ0n) is 17.6. The summed E-state index contributed by atoms with van der Waals surface area (Å²) in [6, 6.07) is 8.20. The number of imidazole rings is 1. The van der Waals surface area contributed by atoms with E-state index in [2.05, 4.69) is 41.4 Å². The van der Waals surface area contributed by atoms with Gasteiger partial charge in [0.1, 0.15) is 5.76 Å². The van der Waals surface area contributed by atoms with E-state index < -0.39 is 0 Å². The number of hydrogen-bond donors (Lipinski definition) is 0. The summed E-state index contributed by atoms with van der Waals surface area (Å²) in [5.41, 5.74) is 2.12. The van der Waals surface area contributed by atoms with Crippen LogP contribution in [0, 0.1) is 5.92 Å². The zero-order chi connectivity index (χ0) is 20.4. The van der Waals surface area contributed by atoms with Gasteiger partial charge in [0.25, 0.3) is 0 Å². The average Bonchev–Trinajstić information content (AvgIpc) is 3.34. The van der Waals surface area contributed by atoms with Crippen LogP contribution in [-0.2, 0) is 23.2 Å². The number of piperidine rings is 1. The van der Waals surface area contributed by atoms with Crippen LogP contribution in [0.25, 0.3) is 11.0 Å². The molecule has 3 heterocycles. The molecule has 1 fully saturated rings. The summed E-state index contributed by atoms with van der Waals surface area (Å²) in [5, 5.41) is 0. The molecule has 0 spiro atoms. The number of carbonyl (C=O) groups is 1. The third-order valence-corrected chi connectivity index (χ3v) is 5.70. The van der Waals surface area contributed by atoms with Crippen molar-refractivity contribution in [3.05, 3.63) is 48.4 Å². The molecule has 0 aliphatic carbocycles. The van der Waals surface area contributed by atoms with Crippen molar-refractivity contribution >= 4 is 16.9 Å². The Hall–Kier alpha value is -2.63. The molecule has 154 valence electrons. The molecule has 0 saturated carbocycles. The summed E-state index contributed by atoms with van der Waals surface area (Å²) in [6.45, 7) is 8.85. The SMILES string of the molecule is CC(C)(C)c1cnc(CCC(=O)N2CCCC(Cn3cnc4ccccc43)C2)o1. The Morgan fingerprint density at radius 1 is 1.24 bits per heavy atom. The number of likely N-dealkylation sites (tertiary alicyclic amines) is 1. The molecule has 1 amide bonds. The van der Waals surface area contributed by atoms with E-state index in [1.807, 2.05) is 29.4 Å². The first-order valence-corrected chi connectivity index (χ1v) is 10.5. The summed E-state index contributed by atoms with van der Waals surface area (Å²) in [5.74, 6) is 2.17. The molecular formula is C23H30N4O2. The van der Waals surface area contributed by atoms with Crippen LogP contribution in [0.2, 0.25) is 0 Å². The molecule has 3 aromatic rings. The monoisotopic (exact) mass is 394 g/mol. The highest BCUT2D eigenvalue weighted by Gasteiger charge is 2.25. The van der Waals surface area contributed by atoms with E-state index in [-0.39, 0.29) is 11.3 Å². The van der Waals surface area contributed by atoms with E-state index in [0.29, 0.717) is 24.7 Å². The number of fused-ring (bicyclic) bond motifs is 1. The lowest BCUT2D eigenvalue weighted by Crippen LogP contribution is -2.41. The molecule has 2 aromatic heterocycles. The smallest absolute Gasteiger partial charge is 0.223 e. The number of para-hydroxylation sites is 2. The number of aromatic nitrogens is 3. The molecule has 1 saturated heterocycles. The summed E-state index contributed by atoms with van der Waals surface area (Å²) in [4.78, 5) is 23.6. The normalized spacial score (nSPS) is 17.8. The molecule has 0 bridgehead atoms. The third-order valence-electron chi connectivity index (χ3n) is 5.70. The van der Waals surface area contributed by atoms with Gasteiger partial charge in [-0.15, -0.1) is 0 Å². The van der Waals surface area contributed by atoms with E-state index in [0.717, 1.165) is 49.3 Å². The van der Waals surface area contributed by atoms with E-state index in [4.69, 9.17) is 4.42 Å². The molecular weight excluding hydrogens is 364 g/mol. The Morgan fingerprint density at radius 3 is 2.86 bits per heavy atom. The molecule has 1 unspecified atom stereocenters. The zero-order valence-corrected chi connectivity index (χ0v) is 17.6. The van der Waals surface area contributed by atoms with E-state index in [1.165, 1.54) is 0 Å². The lowest BCUT2D eigenvalue weighted by Gasteiger charge is -2.33. The van der Waals surface area contributed by atoms with Crippen molar-refractivity contribution in [1.29, 1.82) is 0 Å². The minimum absolute atomic E-state index is 0.0627. The topological polar surface area (TPSA) is 64.2 Å². The summed E-state index contributed by atoms with van der Waals surface area (Å²) in [7, 11) is 0. The Kier molecular flexibility index (Phi) is 5.43. The number of carbonyl (C=O) groups excluding carboxylic acids is 1. The fraction of sp³-hybridized carbons (Fsp3) is 0.522. The van der Waals surface area contributed by atoms with E-state index >= 15 is 0 Å². The first-order valence-electron chi connectivity index (χ1n) is 10.5. The van der Waals surface area contributed by atoms with Crippen molar-refractivity contribution in [3.8, 4) is 0 Å². The molecule has 0 radical (unpaired) electrons. The Balaban J connectivity index is 1.33. The van der Waals surface area contributed by atoms with Crippen molar-refractivity contribution in [2.45, 2.75) is 58.4 Å².